The van der Waals surface area contributed by atoms with E-state index in [9.17, 15) is 9.59 Å². The van der Waals surface area contributed by atoms with Crippen LogP contribution < -0.4 is 5.56 Å². The number of carbonyl (C=O) groups is 1. The molecule has 1 aliphatic carbocycles. The quantitative estimate of drug-likeness (QED) is 0.548. The van der Waals surface area contributed by atoms with E-state index in [0.717, 1.165) is 86.8 Å². The van der Waals surface area contributed by atoms with Gasteiger partial charge in [0.2, 0.25) is 0 Å². The van der Waals surface area contributed by atoms with Crippen molar-refractivity contribution in [1.82, 2.24) is 9.55 Å². The predicted molar refractivity (Wildman–Crippen MR) is 120 cm³/mol. The van der Waals surface area contributed by atoms with Crippen LogP contribution in [0.5, 0.6) is 0 Å². The molecular weight excluding hydrogens is 400 g/mol. The fraction of sp³-hybridized carbons (Fsp3) is 0.348. The Morgan fingerprint density at radius 2 is 1.93 bits per heavy atom. The Bertz CT molecular complexity index is 1200. The van der Waals surface area contributed by atoms with E-state index in [1.807, 2.05) is 4.57 Å². The number of carbonyl (C=O) groups excluding carboxylic acids is 1. The molecule has 0 bridgehead atoms. The van der Waals surface area contributed by atoms with E-state index in [1.54, 1.807) is 23.1 Å². The molecule has 148 valence electrons. The molecule has 4 nitrogen and oxygen atoms in total. The molecule has 1 aromatic carbocycles. The molecule has 6 heteroatoms. The van der Waals surface area contributed by atoms with Gasteiger partial charge in [-0.1, -0.05) is 35.9 Å². The number of allylic oxidation sites excluding steroid dienone is 1. The molecule has 0 amide bonds. The molecule has 29 heavy (non-hydrogen) atoms. The number of fused-ring (bicyclic) bond motifs is 4. The van der Waals surface area contributed by atoms with Gasteiger partial charge in [0.15, 0.2) is 0 Å². The van der Waals surface area contributed by atoms with Gasteiger partial charge in [-0.2, -0.15) is 0 Å². The van der Waals surface area contributed by atoms with Gasteiger partial charge in [-0.3, -0.25) is 14.2 Å². The molecule has 0 radical (unpaired) electrons. The number of aryl methyl sites for hydroxylation is 3. The summed E-state index contributed by atoms with van der Waals surface area (Å²) < 4.78 is 1.90. The normalized spacial score (nSPS) is 16.4. The van der Waals surface area contributed by atoms with Crippen molar-refractivity contribution < 1.29 is 4.79 Å². The maximum Gasteiger partial charge on any atom is 0.262 e. The molecule has 0 saturated heterocycles. The van der Waals surface area contributed by atoms with Crippen LogP contribution in [0.2, 0.25) is 0 Å². The predicted octanol–water partition coefficient (Wildman–Crippen LogP) is 5.14. The summed E-state index contributed by atoms with van der Waals surface area (Å²) >= 11 is 3.21. The molecule has 0 N–H and O–H groups in total. The topological polar surface area (TPSA) is 52.0 Å². The monoisotopic (exact) mass is 422 g/mol. The van der Waals surface area contributed by atoms with E-state index in [0.29, 0.717) is 6.42 Å². The van der Waals surface area contributed by atoms with Crippen molar-refractivity contribution in [3.05, 3.63) is 62.0 Å². The molecule has 2 aliphatic rings. The lowest BCUT2D eigenvalue weighted by atomic mass is 9.97. The maximum absolute atomic E-state index is 13.3. The number of thiophene rings is 1. The highest BCUT2D eigenvalue weighted by molar-refractivity contribution is 8.08. The van der Waals surface area contributed by atoms with E-state index in [4.69, 9.17) is 4.98 Å². The Labute approximate surface area is 177 Å². The second-order valence-electron chi connectivity index (χ2n) is 7.77. The number of nitrogens with zero attached hydrogens (tertiary/aromatic N) is 2. The van der Waals surface area contributed by atoms with Crippen LogP contribution in [0, 0.1) is 6.92 Å². The van der Waals surface area contributed by atoms with Crippen molar-refractivity contribution >= 4 is 44.5 Å². The summed E-state index contributed by atoms with van der Waals surface area (Å²) in [7, 11) is 0. The molecule has 0 fully saturated rings. The third-order valence-electron chi connectivity index (χ3n) is 5.80. The number of thioether (sulfide) groups is 1. The standard InChI is InChI=1S/C23H22N2O2S2/c1-14-6-9-16(10-7-14)28-20-15(13-26)8-11-17-19-22(29-21(17)20)24-18-5-3-2-4-12-25(18)23(19)27/h6-7,9-10,13H,2-5,8,11-12H2,1H3. The first kappa shape index (κ1) is 18.8. The molecule has 3 aromatic rings. The van der Waals surface area contributed by atoms with Crippen LogP contribution in [-0.4, -0.2) is 15.8 Å². The smallest absolute Gasteiger partial charge is 0.262 e. The summed E-state index contributed by atoms with van der Waals surface area (Å²) in [5.41, 5.74) is 3.24. The summed E-state index contributed by atoms with van der Waals surface area (Å²) in [5, 5.41) is 0.780. The van der Waals surface area contributed by atoms with Crippen LogP contribution in [0.25, 0.3) is 15.1 Å². The van der Waals surface area contributed by atoms with Gasteiger partial charge in [-0.05, 0) is 50.3 Å². The summed E-state index contributed by atoms with van der Waals surface area (Å²) in [4.78, 5) is 34.1. The second kappa shape index (κ2) is 7.58. The van der Waals surface area contributed by atoms with E-state index < -0.39 is 0 Å². The number of rotatable bonds is 3. The maximum atomic E-state index is 13.3. The minimum atomic E-state index is 0.110. The zero-order valence-electron chi connectivity index (χ0n) is 16.4. The lowest BCUT2D eigenvalue weighted by Crippen LogP contribution is -2.24. The third-order valence-corrected chi connectivity index (χ3v) is 8.25. The molecule has 5 rings (SSSR count). The summed E-state index contributed by atoms with van der Waals surface area (Å²) in [6.45, 7) is 2.83. The van der Waals surface area contributed by atoms with Gasteiger partial charge < -0.3 is 0 Å². The van der Waals surface area contributed by atoms with Crippen LogP contribution in [-0.2, 0) is 24.2 Å². The Hall–Kier alpha value is -2.18. The lowest BCUT2D eigenvalue weighted by Gasteiger charge is -2.17. The number of hydrogen-bond acceptors (Lipinski definition) is 5. The van der Waals surface area contributed by atoms with Crippen molar-refractivity contribution in [2.45, 2.75) is 56.9 Å². The second-order valence-corrected chi connectivity index (χ2v) is 9.86. The first-order valence-electron chi connectivity index (χ1n) is 10.1. The average Bonchev–Trinajstić information content (AvgIpc) is 2.93. The Kier molecular flexibility index (Phi) is 4.92. The molecule has 0 saturated carbocycles. The highest BCUT2D eigenvalue weighted by Crippen LogP contribution is 2.47. The van der Waals surface area contributed by atoms with Crippen LogP contribution in [0.3, 0.4) is 0 Å². The average molecular weight is 423 g/mol. The molecule has 0 unspecified atom stereocenters. The van der Waals surface area contributed by atoms with Crippen LogP contribution in [0.4, 0.5) is 0 Å². The minimum Gasteiger partial charge on any atom is -0.298 e. The minimum absolute atomic E-state index is 0.110. The van der Waals surface area contributed by atoms with Gasteiger partial charge in [0, 0.05) is 33.2 Å². The Morgan fingerprint density at radius 3 is 2.72 bits per heavy atom. The highest BCUT2D eigenvalue weighted by atomic mass is 32.2. The summed E-state index contributed by atoms with van der Waals surface area (Å²) in [5.74, 6) is 0.922. The van der Waals surface area contributed by atoms with Crippen LogP contribution in [0.15, 0.2) is 39.5 Å². The Balaban J connectivity index is 1.68. The molecular formula is C23H22N2O2S2. The fourth-order valence-electron chi connectivity index (χ4n) is 4.22. The van der Waals surface area contributed by atoms with Gasteiger partial charge in [0.1, 0.15) is 16.9 Å². The third kappa shape index (κ3) is 3.28. The van der Waals surface area contributed by atoms with Crippen molar-refractivity contribution in [1.29, 1.82) is 0 Å². The first-order chi connectivity index (χ1) is 14.2. The van der Waals surface area contributed by atoms with Gasteiger partial charge in [0.05, 0.1) is 5.39 Å². The zero-order valence-corrected chi connectivity index (χ0v) is 18.0. The Morgan fingerprint density at radius 1 is 1.10 bits per heavy atom. The van der Waals surface area contributed by atoms with Crippen molar-refractivity contribution in [2.24, 2.45) is 0 Å². The first-order valence-corrected chi connectivity index (χ1v) is 11.8. The number of benzene rings is 1. The van der Waals surface area contributed by atoms with Crippen LogP contribution >= 0.6 is 23.1 Å². The number of aromatic nitrogens is 2. The van der Waals surface area contributed by atoms with Crippen molar-refractivity contribution in [3.63, 3.8) is 0 Å². The van der Waals surface area contributed by atoms with Gasteiger partial charge in [-0.25, -0.2) is 4.98 Å². The number of aldehydes is 1. The van der Waals surface area contributed by atoms with E-state index >= 15 is 0 Å². The lowest BCUT2D eigenvalue weighted by molar-refractivity contribution is -0.105. The molecule has 0 atom stereocenters. The van der Waals surface area contributed by atoms with Crippen molar-refractivity contribution in [2.75, 3.05) is 0 Å². The van der Waals surface area contributed by atoms with E-state index in [-0.39, 0.29) is 5.56 Å². The summed E-state index contributed by atoms with van der Waals surface area (Å²) in [6, 6.07) is 8.35. The largest absolute Gasteiger partial charge is 0.298 e. The van der Waals surface area contributed by atoms with Gasteiger partial charge >= 0.3 is 0 Å². The van der Waals surface area contributed by atoms with E-state index in [1.165, 1.54) is 5.56 Å². The molecule has 3 heterocycles. The molecule has 0 spiro atoms. The summed E-state index contributed by atoms with van der Waals surface area (Å²) in [6.07, 6.45) is 6.54. The van der Waals surface area contributed by atoms with Gasteiger partial charge in [0.25, 0.3) is 5.56 Å². The van der Waals surface area contributed by atoms with E-state index in [2.05, 4.69) is 31.2 Å². The van der Waals surface area contributed by atoms with Crippen molar-refractivity contribution in [3.8, 4) is 0 Å². The fourth-order valence-corrected chi connectivity index (χ4v) is 6.68. The number of hydrogen-bond donors (Lipinski definition) is 0. The van der Waals surface area contributed by atoms with Crippen LogP contribution in [0.1, 0.15) is 47.5 Å². The molecule has 1 aliphatic heterocycles. The zero-order chi connectivity index (χ0) is 20.0. The van der Waals surface area contributed by atoms with Gasteiger partial charge in [-0.15, -0.1) is 11.3 Å². The molecule has 2 aromatic heterocycles. The highest BCUT2D eigenvalue weighted by Gasteiger charge is 2.27. The SMILES string of the molecule is Cc1ccc(SC2=C(C=O)CCc3c2sc2nc4n(c(=O)c32)CCCCC4)cc1.